The molecule has 0 saturated carbocycles. The van der Waals surface area contributed by atoms with Gasteiger partial charge in [-0.25, -0.2) is 9.18 Å². The van der Waals surface area contributed by atoms with E-state index in [-0.39, 0.29) is 17.8 Å². The van der Waals surface area contributed by atoms with Gasteiger partial charge in [-0.1, -0.05) is 48.9 Å². The van der Waals surface area contributed by atoms with E-state index >= 15 is 0 Å². The van der Waals surface area contributed by atoms with Gasteiger partial charge in [-0.05, 0) is 43.0 Å². The summed E-state index contributed by atoms with van der Waals surface area (Å²) in [6, 6.07) is 14.0. The molecule has 1 heterocycles. The Labute approximate surface area is 171 Å². The van der Waals surface area contributed by atoms with Gasteiger partial charge in [0.2, 0.25) is 5.91 Å². The van der Waals surface area contributed by atoms with Crippen molar-refractivity contribution in [3.63, 3.8) is 0 Å². The topological polar surface area (TPSA) is 61.4 Å². The molecule has 0 aliphatic carbocycles. The highest BCUT2D eigenvalue weighted by molar-refractivity contribution is 5.83. The minimum Gasteiger partial charge on any atom is -0.352 e. The Hall–Kier alpha value is -2.89. The van der Waals surface area contributed by atoms with Crippen LogP contribution in [0.3, 0.4) is 0 Å². The highest BCUT2D eigenvalue weighted by atomic mass is 19.1. The van der Waals surface area contributed by atoms with Crippen molar-refractivity contribution in [3.05, 3.63) is 71.0 Å². The van der Waals surface area contributed by atoms with E-state index in [0.717, 1.165) is 11.1 Å². The summed E-state index contributed by atoms with van der Waals surface area (Å²) in [4.78, 5) is 26.8. The van der Waals surface area contributed by atoms with E-state index in [4.69, 9.17) is 0 Å². The van der Waals surface area contributed by atoms with Crippen LogP contribution in [-0.2, 0) is 17.9 Å². The molecular formula is C23H28FN3O2. The number of piperidine rings is 1. The van der Waals surface area contributed by atoms with Crippen molar-refractivity contribution in [2.24, 2.45) is 5.41 Å². The molecule has 1 fully saturated rings. The van der Waals surface area contributed by atoms with Crippen LogP contribution in [0, 0.1) is 18.2 Å². The van der Waals surface area contributed by atoms with Crippen molar-refractivity contribution in [2.45, 2.75) is 39.8 Å². The smallest absolute Gasteiger partial charge is 0.317 e. The minimum atomic E-state index is -0.474. The largest absolute Gasteiger partial charge is 0.352 e. The molecule has 3 amide bonds. The zero-order chi connectivity index (χ0) is 20.9. The molecule has 0 unspecified atom stereocenters. The molecule has 0 radical (unpaired) electrons. The molecule has 0 aromatic heterocycles. The van der Waals surface area contributed by atoms with Crippen molar-refractivity contribution >= 4 is 11.9 Å². The van der Waals surface area contributed by atoms with Gasteiger partial charge in [0.15, 0.2) is 0 Å². The quantitative estimate of drug-likeness (QED) is 0.807. The summed E-state index contributed by atoms with van der Waals surface area (Å²) >= 11 is 0. The summed E-state index contributed by atoms with van der Waals surface area (Å²) in [6.07, 6.45) is 1.24. The number of hydrogen-bond donors (Lipinski definition) is 2. The number of nitrogens with zero attached hydrogens (tertiary/aromatic N) is 1. The molecule has 3 rings (SSSR count). The van der Waals surface area contributed by atoms with Gasteiger partial charge in [-0.2, -0.15) is 0 Å². The van der Waals surface area contributed by atoms with Crippen molar-refractivity contribution in [1.82, 2.24) is 15.5 Å². The first kappa shape index (κ1) is 20.8. The summed E-state index contributed by atoms with van der Waals surface area (Å²) in [5.74, 6) is -0.263. The molecule has 2 aromatic rings. The highest BCUT2D eigenvalue weighted by Crippen LogP contribution is 2.31. The fourth-order valence-corrected chi connectivity index (χ4v) is 3.42. The van der Waals surface area contributed by atoms with Crippen LogP contribution in [0.4, 0.5) is 9.18 Å². The fourth-order valence-electron chi connectivity index (χ4n) is 3.42. The van der Waals surface area contributed by atoms with E-state index in [1.807, 2.05) is 38.1 Å². The SMILES string of the molecule is Cc1ccc(CNC(=O)C2(C)CCN(C(=O)NCc3ccc(F)cc3)CC2)cc1. The van der Waals surface area contributed by atoms with Gasteiger partial charge in [0.05, 0.1) is 0 Å². The number of likely N-dealkylation sites (tertiary alicyclic amines) is 1. The Morgan fingerprint density at radius 2 is 1.45 bits per heavy atom. The Bertz CT molecular complexity index is 841. The summed E-state index contributed by atoms with van der Waals surface area (Å²) in [7, 11) is 0. The van der Waals surface area contributed by atoms with Crippen molar-refractivity contribution < 1.29 is 14.0 Å². The van der Waals surface area contributed by atoms with Crippen LogP contribution in [-0.4, -0.2) is 29.9 Å². The third kappa shape index (κ3) is 5.56. The van der Waals surface area contributed by atoms with E-state index in [2.05, 4.69) is 10.6 Å². The van der Waals surface area contributed by atoms with Crippen LogP contribution in [0.5, 0.6) is 0 Å². The number of nitrogens with one attached hydrogen (secondary N) is 2. The van der Waals surface area contributed by atoms with Gasteiger partial charge in [0, 0.05) is 31.6 Å². The average molecular weight is 397 g/mol. The van der Waals surface area contributed by atoms with Gasteiger partial charge in [-0.15, -0.1) is 0 Å². The lowest BCUT2D eigenvalue weighted by Crippen LogP contribution is -2.50. The van der Waals surface area contributed by atoms with Gasteiger partial charge >= 0.3 is 6.03 Å². The number of rotatable bonds is 5. The maximum Gasteiger partial charge on any atom is 0.317 e. The number of carbonyl (C=O) groups is 2. The standard InChI is InChI=1S/C23H28FN3O2/c1-17-3-5-18(6-4-17)15-25-21(28)23(2)11-13-27(14-12-23)22(29)26-16-19-7-9-20(24)10-8-19/h3-10H,11-16H2,1-2H3,(H,25,28)(H,26,29). The van der Waals surface area contributed by atoms with Gasteiger partial charge in [0.1, 0.15) is 5.82 Å². The summed E-state index contributed by atoms with van der Waals surface area (Å²) in [6.45, 7) is 5.92. The predicted molar refractivity (Wildman–Crippen MR) is 111 cm³/mol. The first-order valence-electron chi connectivity index (χ1n) is 9.97. The Kier molecular flexibility index (Phi) is 6.52. The third-order valence-corrected chi connectivity index (χ3v) is 5.63. The Balaban J connectivity index is 1.45. The Morgan fingerprint density at radius 1 is 0.931 bits per heavy atom. The van der Waals surface area contributed by atoms with Gasteiger partial charge in [-0.3, -0.25) is 4.79 Å². The third-order valence-electron chi connectivity index (χ3n) is 5.63. The molecule has 0 bridgehead atoms. The monoisotopic (exact) mass is 397 g/mol. The number of benzene rings is 2. The molecule has 2 N–H and O–H groups in total. The lowest BCUT2D eigenvalue weighted by molar-refractivity contribution is -0.132. The van der Waals surface area contributed by atoms with Crippen molar-refractivity contribution in [1.29, 1.82) is 0 Å². The maximum atomic E-state index is 13.0. The van der Waals surface area contributed by atoms with Crippen LogP contribution < -0.4 is 10.6 Å². The van der Waals surface area contributed by atoms with E-state index < -0.39 is 5.41 Å². The summed E-state index contributed by atoms with van der Waals surface area (Å²) in [5.41, 5.74) is 2.64. The predicted octanol–water partition coefficient (Wildman–Crippen LogP) is 3.76. The fraction of sp³-hybridized carbons (Fsp3) is 0.391. The van der Waals surface area contributed by atoms with E-state index in [1.165, 1.54) is 17.7 Å². The average Bonchev–Trinajstić information content (AvgIpc) is 2.73. The molecule has 0 atom stereocenters. The van der Waals surface area contributed by atoms with Gasteiger partial charge < -0.3 is 15.5 Å². The molecule has 1 aliphatic rings. The summed E-state index contributed by atoms with van der Waals surface area (Å²) < 4.78 is 13.0. The molecule has 1 aliphatic heterocycles. The Morgan fingerprint density at radius 3 is 2.03 bits per heavy atom. The van der Waals surface area contributed by atoms with Crippen LogP contribution in [0.25, 0.3) is 0 Å². The van der Waals surface area contributed by atoms with E-state index in [9.17, 15) is 14.0 Å². The van der Waals surface area contributed by atoms with Crippen LogP contribution in [0.2, 0.25) is 0 Å². The summed E-state index contributed by atoms with van der Waals surface area (Å²) in [5, 5.41) is 5.90. The second kappa shape index (κ2) is 9.07. The van der Waals surface area contributed by atoms with E-state index in [1.54, 1.807) is 17.0 Å². The molecule has 6 heteroatoms. The van der Waals surface area contributed by atoms with Crippen molar-refractivity contribution in [3.8, 4) is 0 Å². The molecule has 29 heavy (non-hydrogen) atoms. The second-order valence-corrected chi connectivity index (χ2v) is 8.00. The number of amides is 3. The molecule has 154 valence electrons. The molecule has 2 aromatic carbocycles. The second-order valence-electron chi connectivity index (χ2n) is 8.00. The van der Waals surface area contributed by atoms with Crippen LogP contribution in [0.1, 0.15) is 36.5 Å². The minimum absolute atomic E-state index is 0.0319. The van der Waals surface area contributed by atoms with Crippen LogP contribution >= 0.6 is 0 Å². The number of halogens is 1. The van der Waals surface area contributed by atoms with E-state index in [0.29, 0.717) is 39.0 Å². The number of hydrogen-bond acceptors (Lipinski definition) is 2. The molecule has 0 spiro atoms. The molecule has 5 nitrogen and oxygen atoms in total. The zero-order valence-electron chi connectivity index (χ0n) is 17.0. The lowest BCUT2D eigenvalue weighted by atomic mass is 9.79. The maximum absolute atomic E-state index is 13.0. The highest BCUT2D eigenvalue weighted by Gasteiger charge is 2.37. The number of urea groups is 1. The first-order valence-corrected chi connectivity index (χ1v) is 9.97. The first-order chi connectivity index (χ1) is 13.9. The molecule has 1 saturated heterocycles. The van der Waals surface area contributed by atoms with Gasteiger partial charge in [0.25, 0.3) is 0 Å². The van der Waals surface area contributed by atoms with Crippen molar-refractivity contribution in [2.75, 3.05) is 13.1 Å². The molecular weight excluding hydrogens is 369 g/mol. The number of aryl methyl sites for hydroxylation is 1. The lowest BCUT2D eigenvalue weighted by Gasteiger charge is -2.38. The number of carbonyl (C=O) groups excluding carboxylic acids is 2. The zero-order valence-corrected chi connectivity index (χ0v) is 17.0. The van der Waals surface area contributed by atoms with Crippen LogP contribution in [0.15, 0.2) is 48.5 Å². The normalized spacial score (nSPS) is 15.6.